The standard InChI is InChI=1S/C23H29N4O9P/c1-5-23(31)19(28)17(35-21(23)27-22(30)26-18(24)11-25-27)12-33-37(32,36-16-9-7-6-8-10-16)13-15(4)20(29)34-14(2)3/h1,6-11,14-15,17,19,21,28,31H,12-13H2,2-4H3,(H2,24,26,30)/t15-,17-,19+,21-,23?,37+/m1/s1/i12D2. The van der Waals surface area contributed by atoms with Crippen LogP contribution in [0.5, 0.6) is 5.75 Å². The number of ether oxygens (including phenoxy) is 2. The third-order valence-corrected chi connectivity index (χ3v) is 6.99. The zero-order valence-corrected chi connectivity index (χ0v) is 21.1. The molecule has 1 aromatic carbocycles. The van der Waals surface area contributed by atoms with Crippen molar-refractivity contribution in [3.05, 3.63) is 47.0 Å². The maximum Gasteiger partial charge on any atom is 0.380 e. The summed E-state index contributed by atoms with van der Waals surface area (Å²) >= 11 is 0. The van der Waals surface area contributed by atoms with E-state index in [-0.39, 0.29) is 11.6 Å². The molecule has 6 atom stereocenters. The summed E-state index contributed by atoms with van der Waals surface area (Å²) in [4.78, 5) is 28.2. The third-order valence-electron chi connectivity index (χ3n) is 5.13. The van der Waals surface area contributed by atoms with E-state index in [1.54, 1.807) is 32.0 Å². The van der Waals surface area contributed by atoms with Crippen LogP contribution in [-0.4, -0.2) is 67.6 Å². The average molecular weight is 538 g/mol. The Kier molecular flexibility index (Phi) is 7.83. The van der Waals surface area contributed by atoms with Gasteiger partial charge in [-0.1, -0.05) is 31.0 Å². The first-order valence-electron chi connectivity index (χ1n) is 12.1. The fraction of sp³-hybridized carbons (Fsp3) is 0.478. The van der Waals surface area contributed by atoms with Gasteiger partial charge >= 0.3 is 19.3 Å². The minimum absolute atomic E-state index is 0.0376. The molecular formula is C23H29N4O9P. The van der Waals surface area contributed by atoms with Gasteiger partial charge in [-0.15, -0.1) is 6.42 Å². The first kappa shape index (κ1) is 25.4. The van der Waals surface area contributed by atoms with Crippen molar-refractivity contribution >= 4 is 19.4 Å². The van der Waals surface area contributed by atoms with E-state index < -0.39 is 68.0 Å². The number of esters is 1. The largest absolute Gasteiger partial charge is 0.463 e. The van der Waals surface area contributed by atoms with Gasteiger partial charge in [-0.25, -0.2) is 9.36 Å². The lowest BCUT2D eigenvalue weighted by Gasteiger charge is -2.26. The number of rotatable bonds is 10. The molecule has 1 aliphatic heterocycles. The van der Waals surface area contributed by atoms with Gasteiger partial charge in [-0.2, -0.15) is 14.8 Å². The van der Waals surface area contributed by atoms with E-state index in [1.165, 1.54) is 19.1 Å². The number of carbonyl (C=O) groups excluding carboxylic acids is 1. The van der Waals surface area contributed by atoms with Crippen LogP contribution in [0.3, 0.4) is 0 Å². The summed E-state index contributed by atoms with van der Waals surface area (Å²) in [6.07, 6.45) is -1.00. The summed E-state index contributed by atoms with van der Waals surface area (Å²) in [5.74, 6) is -0.119. The van der Waals surface area contributed by atoms with Crippen LogP contribution in [0, 0.1) is 18.3 Å². The Bertz CT molecular complexity index is 1340. The molecule has 1 unspecified atom stereocenters. The van der Waals surface area contributed by atoms with Gasteiger partial charge in [0.05, 0.1) is 33.7 Å². The number of nitrogens with two attached hydrogens (primary N) is 1. The van der Waals surface area contributed by atoms with Crippen LogP contribution in [0.4, 0.5) is 5.82 Å². The number of hydrogen-bond acceptors (Lipinski definition) is 12. The quantitative estimate of drug-likeness (QED) is 0.219. The summed E-state index contributed by atoms with van der Waals surface area (Å²) in [5, 5.41) is 25.5. The second-order valence-electron chi connectivity index (χ2n) is 8.53. The summed E-state index contributed by atoms with van der Waals surface area (Å²) in [7, 11) is -4.57. The van der Waals surface area contributed by atoms with Crippen molar-refractivity contribution in [2.45, 2.75) is 50.9 Å². The van der Waals surface area contributed by atoms with Gasteiger partial charge in [-0.3, -0.25) is 9.32 Å². The van der Waals surface area contributed by atoms with Crippen molar-refractivity contribution < 1.29 is 40.8 Å². The minimum Gasteiger partial charge on any atom is -0.463 e. The molecule has 0 amide bonds. The van der Waals surface area contributed by atoms with Crippen LogP contribution < -0.4 is 15.9 Å². The van der Waals surface area contributed by atoms with E-state index in [0.29, 0.717) is 4.68 Å². The van der Waals surface area contributed by atoms with Crippen LogP contribution in [0.15, 0.2) is 41.3 Å². The topological polar surface area (TPSA) is 185 Å². The van der Waals surface area contributed by atoms with Crippen molar-refractivity contribution in [3.8, 4) is 18.1 Å². The van der Waals surface area contributed by atoms with Gasteiger partial charge in [-0.05, 0) is 26.0 Å². The van der Waals surface area contributed by atoms with Crippen molar-refractivity contribution in [3.63, 3.8) is 0 Å². The van der Waals surface area contributed by atoms with Crippen molar-refractivity contribution in [2.24, 2.45) is 5.92 Å². The fourth-order valence-electron chi connectivity index (χ4n) is 3.33. The number of aromatic nitrogens is 3. The second-order valence-corrected chi connectivity index (χ2v) is 10.5. The Labute approximate surface area is 215 Å². The smallest absolute Gasteiger partial charge is 0.380 e. The highest BCUT2D eigenvalue weighted by Gasteiger charge is 2.57. The number of anilines is 1. The van der Waals surface area contributed by atoms with Crippen molar-refractivity contribution in [2.75, 3.05) is 18.5 Å². The second kappa shape index (κ2) is 11.4. The number of hydrogen-bond donors (Lipinski definition) is 3. The molecule has 3 rings (SSSR count). The lowest BCUT2D eigenvalue weighted by Crippen LogP contribution is -2.48. The number of benzene rings is 1. The summed E-state index contributed by atoms with van der Waals surface area (Å²) in [5.41, 5.74) is 1.62. The van der Waals surface area contributed by atoms with E-state index in [4.69, 9.17) is 33.4 Å². The number of terminal acetylenes is 1. The number of nitrogen functional groups attached to an aromatic ring is 1. The van der Waals surface area contributed by atoms with Crippen LogP contribution in [0.25, 0.3) is 0 Å². The van der Waals surface area contributed by atoms with Gasteiger partial charge in [0.1, 0.15) is 23.8 Å². The number of aliphatic hydroxyl groups excluding tert-OH is 1. The van der Waals surface area contributed by atoms with E-state index >= 15 is 0 Å². The Morgan fingerprint density at radius 3 is 2.68 bits per heavy atom. The lowest BCUT2D eigenvalue weighted by atomic mass is 9.95. The molecule has 13 nitrogen and oxygen atoms in total. The Morgan fingerprint density at radius 1 is 1.41 bits per heavy atom. The minimum atomic E-state index is -4.57. The Balaban J connectivity index is 1.96. The maximum atomic E-state index is 13.9. The Morgan fingerprint density at radius 2 is 2.08 bits per heavy atom. The molecule has 200 valence electrons. The lowest BCUT2D eigenvalue weighted by molar-refractivity contribution is -0.151. The molecule has 0 bridgehead atoms. The van der Waals surface area contributed by atoms with Gasteiger partial charge in [0.25, 0.3) is 0 Å². The predicted octanol–water partition coefficient (Wildman–Crippen LogP) is 0.719. The molecule has 4 N–H and O–H groups in total. The molecular weight excluding hydrogens is 507 g/mol. The van der Waals surface area contributed by atoms with Crippen LogP contribution in [0.2, 0.25) is 0 Å². The number of carbonyl (C=O) groups is 1. The van der Waals surface area contributed by atoms with E-state index in [0.717, 1.165) is 6.20 Å². The van der Waals surface area contributed by atoms with Gasteiger partial charge in [0.15, 0.2) is 6.23 Å². The van der Waals surface area contributed by atoms with E-state index in [1.807, 2.05) is 5.92 Å². The number of nitrogens with zero attached hydrogens (tertiary/aromatic N) is 3. The molecule has 14 heteroatoms. The van der Waals surface area contributed by atoms with E-state index in [2.05, 4.69) is 10.1 Å². The molecule has 1 saturated heterocycles. The third kappa shape index (κ3) is 6.54. The SMILES string of the molecule is [2H]C([2H])(O[P@@](=O)(C[C@@H](C)C(=O)OC(C)C)Oc1ccccc1)[C@H]1O[C@@H](n2ncc(N)nc2=O)C(O)(C#C)[C@H]1O. The molecule has 0 radical (unpaired) electrons. The molecule has 0 spiro atoms. The fourth-order valence-corrected chi connectivity index (χ4v) is 5.05. The summed E-state index contributed by atoms with van der Waals surface area (Å²) < 4.78 is 52.9. The predicted molar refractivity (Wildman–Crippen MR) is 130 cm³/mol. The molecule has 0 saturated carbocycles. The van der Waals surface area contributed by atoms with Gasteiger partial charge in [0.2, 0.25) is 5.60 Å². The monoisotopic (exact) mass is 538 g/mol. The molecule has 2 heterocycles. The van der Waals surface area contributed by atoms with Crippen molar-refractivity contribution in [1.29, 1.82) is 0 Å². The summed E-state index contributed by atoms with van der Waals surface area (Å²) in [6, 6.07) is 7.66. The molecule has 37 heavy (non-hydrogen) atoms. The first-order chi connectivity index (χ1) is 18.1. The highest BCUT2D eigenvalue weighted by atomic mass is 31.2. The van der Waals surface area contributed by atoms with Crippen molar-refractivity contribution in [1.82, 2.24) is 14.8 Å². The number of aliphatic hydroxyl groups is 2. The molecule has 1 fully saturated rings. The zero-order valence-electron chi connectivity index (χ0n) is 22.3. The molecule has 1 aliphatic rings. The van der Waals surface area contributed by atoms with Gasteiger partial charge < -0.3 is 29.9 Å². The highest BCUT2D eigenvalue weighted by Crippen LogP contribution is 2.51. The summed E-state index contributed by atoms with van der Waals surface area (Å²) in [6.45, 7) is 1.47. The van der Waals surface area contributed by atoms with E-state index in [9.17, 15) is 24.4 Å². The molecule has 1 aromatic heterocycles. The van der Waals surface area contributed by atoms with Crippen LogP contribution in [-0.2, 0) is 23.4 Å². The molecule has 2 aromatic rings. The molecule has 0 aliphatic carbocycles. The average Bonchev–Trinajstić information content (AvgIpc) is 3.10. The number of para-hydroxylation sites is 1. The normalized spacial score (nSPS) is 26.9. The van der Waals surface area contributed by atoms with Gasteiger partial charge in [0, 0.05) is 0 Å². The first-order valence-corrected chi connectivity index (χ1v) is 12.8. The van der Waals surface area contributed by atoms with Crippen LogP contribution in [0.1, 0.15) is 29.7 Å². The Hall–Kier alpha value is -3.27. The zero-order chi connectivity index (χ0) is 29.2. The highest BCUT2D eigenvalue weighted by molar-refractivity contribution is 7.54. The van der Waals surface area contributed by atoms with Crippen LogP contribution >= 0.6 is 7.60 Å². The maximum absolute atomic E-state index is 13.9.